The third kappa shape index (κ3) is 1.10. The van der Waals surface area contributed by atoms with E-state index in [0.29, 0.717) is 6.67 Å². The van der Waals surface area contributed by atoms with Gasteiger partial charge in [-0.05, 0) is 7.05 Å². The number of nitrogens with zero attached hydrogens (tertiary/aromatic N) is 2. The standard InChI is InChI=1S/C7H12N4O2/c1-10-3-8-4-5(10)9-7(13)11(2)6(4)12/h4-5,8H,3H2,1-2H3,(H,9,13). The minimum atomic E-state index is -0.332. The Morgan fingerprint density at radius 3 is 2.77 bits per heavy atom. The SMILES string of the molecule is CN1C(=O)NC2C(NCN2C)C1=O. The van der Waals surface area contributed by atoms with Crippen molar-refractivity contribution in [1.82, 2.24) is 20.4 Å². The van der Waals surface area contributed by atoms with Crippen LogP contribution in [0, 0.1) is 0 Å². The van der Waals surface area contributed by atoms with Gasteiger partial charge in [0.15, 0.2) is 0 Å². The van der Waals surface area contributed by atoms with E-state index in [1.54, 1.807) is 0 Å². The molecular weight excluding hydrogens is 172 g/mol. The first kappa shape index (κ1) is 8.46. The normalized spacial score (nSPS) is 34.8. The highest BCUT2D eigenvalue weighted by molar-refractivity contribution is 6.00. The molecule has 2 rings (SSSR count). The van der Waals surface area contributed by atoms with Crippen LogP contribution in [0.1, 0.15) is 0 Å². The third-order valence-electron chi connectivity index (χ3n) is 2.52. The van der Waals surface area contributed by atoms with E-state index in [1.165, 1.54) is 7.05 Å². The Balaban J connectivity index is 2.23. The zero-order chi connectivity index (χ0) is 9.59. The summed E-state index contributed by atoms with van der Waals surface area (Å²) in [5, 5.41) is 5.77. The number of fused-ring (bicyclic) bond motifs is 1. The van der Waals surface area contributed by atoms with Crippen LogP contribution in [0.3, 0.4) is 0 Å². The number of carbonyl (C=O) groups is 2. The van der Waals surface area contributed by atoms with Gasteiger partial charge in [0.05, 0.1) is 6.67 Å². The fourth-order valence-corrected chi connectivity index (χ4v) is 1.65. The minimum Gasteiger partial charge on any atom is -0.320 e. The van der Waals surface area contributed by atoms with Gasteiger partial charge in [-0.15, -0.1) is 0 Å². The molecule has 2 unspecified atom stereocenters. The van der Waals surface area contributed by atoms with Crippen molar-refractivity contribution in [2.75, 3.05) is 20.8 Å². The molecule has 2 N–H and O–H groups in total. The maximum atomic E-state index is 11.5. The summed E-state index contributed by atoms with van der Waals surface area (Å²) in [6.07, 6.45) is -0.198. The van der Waals surface area contributed by atoms with Crippen LogP contribution in [0.5, 0.6) is 0 Å². The quantitative estimate of drug-likeness (QED) is 0.473. The Morgan fingerprint density at radius 2 is 2.08 bits per heavy atom. The Labute approximate surface area is 75.9 Å². The zero-order valence-corrected chi connectivity index (χ0v) is 7.57. The average Bonchev–Trinajstić information content (AvgIpc) is 2.45. The van der Waals surface area contributed by atoms with E-state index in [0.717, 1.165) is 4.90 Å². The molecule has 2 atom stereocenters. The highest BCUT2D eigenvalue weighted by atomic mass is 16.2. The molecule has 13 heavy (non-hydrogen) atoms. The summed E-state index contributed by atoms with van der Waals surface area (Å²) < 4.78 is 0. The number of hydrogen-bond acceptors (Lipinski definition) is 4. The van der Waals surface area contributed by atoms with E-state index in [2.05, 4.69) is 10.6 Å². The smallest absolute Gasteiger partial charge is 0.320 e. The molecule has 6 heteroatoms. The molecule has 72 valence electrons. The van der Waals surface area contributed by atoms with Gasteiger partial charge in [-0.1, -0.05) is 0 Å². The largest absolute Gasteiger partial charge is 0.325 e. The van der Waals surface area contributed by atoms with Crippen LogP contribution >= 0.6 is 0 Å². The van der Waals surface area contributed by atoms with Crippen molar-refractivity contribution < 1.29 is 9.59 Å². The summed E-state index contributed by atoms with van der Waals surface area (Å²) in [4.78, 5) is 25.8. The van der Waals surface area contributed by atoms with Crippen molar-refractivity contribution in [3.63, 3.8) is 0 Å². The molecule has 0 aromatic carbocycles. The molecule has 2 fully saturated rings. The van der Waals surface area contributed by atoms with Crippen LogP contribution in [0.25, 0.3) is 0 Å². The van der Waals surface area contributed by atoms with Crippen molar-refractivity contribution in [2.24, 2.45) is 0 Å². The van der Waals surface area contributed by atoms with Gasteiger partial charge in [0.25, 0.3) is 5.91 Å². The fraction of sp³-hybridized carbons (Fsp3) is 0.714. The van der Waals surface area contributed by atoms with E-state index in [4.69, 9.17) is 0 Å². The van der Waals surface area contributed by atoms with E-state index in [9.17, 15) is 9.59 Å². The van der Waals surface area contributed by atoms with Crippen molar-refractivity contribution in [3.8, 4) is 0 Å². The molecule has 2 aliphatic rings. The van der Waals surface area contributed by atoms with Gasteiger partial charge >= 0.3 is 6.03 Å². The zero-order valence-electron chi connectivity index (χ0n) is 7.57. The monoisotopic (exact) mass is 184 g/mol. The first-order chi connectivity index (χ1) is 6.11. The number of likely N-dealkylation sites (N-methyl/N-ethyl adjacent to an activating group) is 2. The first-order valence-electron chi connectivity index (χ1n) is 4.13. The molecular formula is C7H12N4O2. The molecule has 0 radical (unpaired) electrons. The Hall–Kier alpha value is -1.14. The minimum absolute atomic E-state index is 0.168. The van der Waals surface area contributed by atoms with Gasteiger partial charge < -0.3 is 5.32 Å². The third-order valence-corrected chi connectivity index (χ3v) is 2.52. The van der Waals surface area contributed by atoms with Crippen LogP contribution in [0.15, 0.2) is 0 Å². The van der Waals surface area contributed by atoms with Gasteiger partial charge in [-0.3, -0.25) is 19.9 Å². The molecule has 0 bridgehead atoms. The molecule has 2 aliphatic heterocycles. The number of nitrogens with one attached hydrogen (secondary N) is 2. The topological polar surface area (TPSA) is 64.7 Å². The van der Waals surface area contributed by atoms with E-state index in [-0.39, 0.29) is 24.1 Å². The summed E-state index contributed by atoms with van der Waals surface area (Å²) >= 11 is 0. The summed E-state index contributed by atoms with van der Waals surface area (Å²) in [6.45, 7) is 0.620. The number of urea groups is 1. The van der Waals surface area contributed by atoms with Gasteiger partial charge in [-0.2, -0.15) is 0 Å². The summed E-state index contributed by atoms with van der Waals surface area (Å²) in [5.41, 5.74) is 0. The summed E-state index contributed by atoms with van der Waals surface area (Å²) in [6, 6.07) is -0.630. The van der Waals surface area contributed by atoms with Gasteiger partial charge in [0, 0.05) is 7.05 Å². The van der Waals surface area contributed by atoms with Crippen LogP contribution in [0.4, 0.5) is 4.79 Å². The Kier molecular flexibility index (Phi) is 1.74. The van der Waals surface area contributed by atoms with E-state index in [1.807, 2.05) is 11.9 Å². The molecule has 6 nitrogen and oxygen atoms in total. The first-order valence-corrected chi connectivity index (χ1v) is 4.13. The highest BCUT2D eigenvalue weighted by Crippen LogP contribution is 2.13. The van der Waals surface area contributed by atoms with E-state index >= 15 is 0 Å². The second-order valence-electron chi connectivity index (χ2n) is 3.39. The maximum Gasteiger partial charge on any atom is 0.325 e. The predicted molar refractivity (Wildman–Crippen MR) is 44.6 cm³/mol. The van der Waals surface area contributed by atoms with Gasteiger partial charge in [0.1, 0.15) is 12.2 Å². The molecule has 0 aliphatic carbocycles. The lowest BCUT2D eigenvalue weighted by atomic mass is 10.2. The van der Waals surface area contributed by atoms with Crippen LogP contribution in [-0.2, 0) is 4.79 Å². The number of rotatable bonds is 0. The molecule has 0 saturated carbocycles. The summed E-state index contributed by atoms with van der Waals surface area (Å²) in [5.74, 6) is -0.168. The van der Waals surface area contributed by atoms with Crippen LogP contribution in [-0.4, -0.2) is 54.7 Å². The Bertz CT molecular complexity index is 267. The lowest BCUT2D eigenvalue weighted by molar-refractivity contribution is -0.131. The molecule has 3 amide bonds. The second-order valence-corrected chi connectivity index (χ2v) is 3.39. The molecule has 2 saturated heterocycles. The van der Waals surface area contributed by atoms with E-state index < -0.39 is 0 Å². The van der Waals surface area contributed by atoms with Gasteiger partial charge in [0.2, 0.25) is 0 Å². The number of carbonyl (C=O) groups excluding carboxylic acids is 2. The van der Waals surface area contributed by atoms with Gasteiger partial charge in [-0.25, -0.2) is 4.79 Å². The van der Waals surface area contributed by atoms with Crippen LogP contribution in [0.2, 0.25) is 0 Å². The summed E-state index contributed by atoms with van der Waals surface area (Å²) in [7, 11) is 3.34. The average molecular weight is 184 g/mol. The fourth-order valence-electron chi connectivity index (χ4n) is 1.65. The van der Waals surface area contributed by atoms with Crippen molar-refractivity contribution >= 4 is 11.9 Å². The van der Waals surface area contributed by atoms with Crippen molar-refractivity contribution in [3.05, 3.63) is 0 Å². The predicted octanol–water partition coefficient (Wildman–Crippen LogP) is -1.64. The van der Waals surface area contributed by atoms with Crippen LogP contribution < -0.4 is 10.6 Å². The second kappa shape index (κ2) is 2.68. The lowest BCUT2D eigenvalue weighted by Crippen LogP contribution is -2.64. The van der Waals surface area contributed by atoms with Crippen molar-refractivity contribution in [2.45, 2.75) is 12.2 Å². The highest BCUT2D eigenvalue weighted by Gasteiger charge is 2.44. The molecule has 0 aromatic rings. The van der Waals surface area contributed by atoms with Crippen molar-refractivity contribution in [1.29, 1.82) is 0 Å². The number of imide groups is 1. The maximum absolute atomic E-state index is 11.5. The molecule has 2 heterocycles. The number of hydrogen-bond donors (Lipinski definition) is 2. The Morgan fingerprint density at radius 1 is 1.38 bits per heavy atom. The molecule has 0 spiro atoms. The lowest BCUT2D eigenvalue weighted by Gasteiger charge is -2.33. The molecule has 0 aromatic heterocycles. The number of amides is 3.